The standard InChI is InChI=1S/C19H23NO3/c21-19(18-11-15-7-1-2-9-17(15)23-18)20(12-14-5-3-6-14)13-16-8-4-10-22-16/h1-2,7,9,11,14,16H,3-6,8,10,12-13H2/t16-/m0/s1. The van der Waals surface area contributed by atoms with Crippen LogP contribution in [0.3, 0.4) is 0 Å². The molecule has 0 radical (unpaired) electrons. The van der Waals surface area contributed by atoms with Gasteiger partial charge in [-0.15, -0.1) is 0 Å². The van der Waals surface area contributed by atoms with Crippen molar-refractivity contribution < 1.29 is 13.9 Å². The number of benzene rings is 1. The molecule has 2 heterocycles. The second-order valence-corrected chi connectivity index (χ2v) is 6.79. The summed E-state index contributed by atoms with van der Waals surface area (Å²) in [4.78, 5) is 14.9. The summed E-state index contributed by atoms with van der Waals surface area (Å²) in [7, 11) is 0. The van der Waals surface area contributed by atoms with Gasteiger partial charge in [0.2, 0.25) is 0 Å². The third-order valence-corrected chi connectivity index (χ3v) is 5.07. The van der Waals surface area contributed by atoms with Crippen LogP contribution in [0.15, 0.2) is 34.7 Å². The van der Waals surface area contributed by atoms with E-state index in [1.807, 2.05) is 35.2 Å². The highest BCUT2D eigenvalue weighted by Crippen LogP contribution is 2.29. The average Bonchev–Trinajstić information content (AvgIpc) is 3.17. The quantitative estimate of drug-likeness (QED) is 0.842. The highest BCUT2D eigenvalue weighted by molar-refractivity contribution is 5.96. The maximum atomic E-state index is 13.0. The van der Waals surface area contributed by atoms with Gasteiger partial charge in [-0.1, -0.05) is 24.6 Å². The van der Waals surface area contributed by atoms with Gasteiger partial charge in [-0.25, -0.2) is 0 Å². The van der Waals surface area contributed by atoms with E-state index in [1.165, 1.54) is 19.3 Å². The molecule has 2 aliphatic rings. The maximum absolute atomic E-state index is 13.0. The molecular formula is C19H23NO3. The first kappa shape index (κ1) is 14.8. The van der Waals surface area contributed by atoms with Crippen molar-refractivity contribution in [1.82, 2.24) is 4.90 Å². The number of rotatable bonds is 5. The zero-order valence-electron chi connectivity index (χ0n) is 13.4. The first-order valence-electron chi connectivity index (χ1n) is 8.69. The second-order valence-electron chi connectivity index (χ2n) is 6.79. The molecule has 23 heavy (non-hydrogen) atoms. The fourth-order valence-electron chi connectivity index (χ4n) is 3.50. The molecule has 4 rings (SSSR count). The van der Waals surface area contributed by atoms with Crippen LogP contribution in [0.2, 0.25) is 0 Å². The normalized spacial score (nSPS) is 21.5. The smallest absolute Gasteiger partial charge is 0.289 e. The lowest BCUT2D eigenvalue weighted by Crippen LogP contribution is -2.41. The Kier molecular flexibility index (Phi) is 4.08. The zero-order valence-corrected chi connectivity index (χ0v) is 13.4. The maximum Gasteiger partial charge on any atom is 0.289 e. The largest absolute Gasteiger partial charge is 0.451 e. The number of carbonyl (C=O) groups excluding carboxylic acids is 1. The molecule has 1 aromatic carbocycles. The van der Waals surface area contributed by atoms with Gasteiger partial charge in [0.15, 0.2) is 5.76 Å². The van der Waals surface area contributed by atoms with E-state index in [0.717, 1.165) is 37.0 Å². The van der Waals surface area contributed by atoms with Crippen molar-refractivity contribution in [2.75, 3.05) is 19.7 Å². The van der Waals surface area contributed by atoms with Crippen LogP contribution in [0.1, 0.15) is 42.7 Å². The summed E-state index contributed by atoms with van der Waals surface area (Å²) in [5.74, 6) is 1.09. The third-order valence-electron chi connectivity index (χ3n) is 5.07. The molecule has 2 aromatic rings. The molecule has 0 N–H and O–H groups in total. The number of nitrogens with zero attached hydrogens (tertiary/aromatic N) is 1. The molecule has 1 aliphatic heterocycles. The molecule has 1 atom stereocenters. The molecule has 1 aromatic heterocycles. The van der Waals surface area contributed by atoms with Gasteiger partial charge in [0.05, 0.1) is 6.10 Å². The number of fused-ring (bicyclic) bond motifs is 1. The number of para-hydroxylation sites is 1. The Morgan fingerprint density at radius 3 is 2.70 bits per heavy atom. The average molecular weight is 313 g/mol. The minimum absolute atomic E-state index is 0.00333. The van der Waals surface area contributed by atoms with Crippen molar-refractivity contribution in [2.45, 2.75) is 38.2 Å². The van der Waals surface area contributed by atoms with Gasteiger partial charge in [-0.05, 0) is 43.7 Å². The van der Waals surface area contributed by atoms with Crippen LogP contribution >= 0.6 is 0 Å². The third kappa shape index (κ3) is 3.13. The number of ether oxygens (including phenoxy) is 1. The summed E-state index contributed by atoms with van der Waals surface area (Å²) in [6.07, 6.45) is 6.08. The molecule has 1 aliphatic carbocycles. The minimum atomic E-state index is 0.00333. The van der Waals surface area contributed by atoms with E-state index >= 15 is 0 Å². The monoisotopic (exact) mass is 313 g/mol. The van der Waals surface area contributed by atoms with Crippen molar-refractivity contribution in [2.24, 2.45) is 5.92 Å². The van der Waals surface area contributed by atoms with Crippen LogP contribution < -0.4 is 0 Å². The Morgan fingerprint density at radius 2 is 2.00 bits per heavy atom. The predicted molar refractivity (Wildman–Crippen MR) is 88.4 cm³/mol. The van der Waals surface area contributed by atoms with Gasteiger partial charge >= 0.3 is 0 Å². The fourth-order valence-corrected chi connectivity index (χ4v) is 3.50. The lowest BCUT2D eigenvalue weighted by molar-refractivity contribution is 0.0427. The van der Waals surface area contributed by atoms with E-state index in [-0.39, 0.29) is 12.0 Å². The lowest BCUT2D eigenvalue weighted by Gasteiger charge is -2.33. The fraction of sp³-hybridized carbons (Fsp3) is 0.526. The molecule has 1 amide bonds. The molecule has 1 saturated heterocycles. The van der Waals surface area contributed by atoms with Crippen LogP contribution in [0.4, 0.5) is 0 Å². The van der Waals surface area contributed by atoms with Crippen molar-refractivity contribution >= 4 is 16.9 Å². The highest BCUT2D eigenvalue weighted by atomic mass is 16.5. The Hall–Kier alpha value is -1.81. The zero-order chi connectivity index (χ0) is 15.6. The lowest BCUT2D eigenvalue weighted by atomic mass is 9.85. The van der Waals surface area contributed by atoms with Crippen molar-refractivity contribution in [1.29, 1.82) is 0 Å². The topological polar surface area (TPSA) is 42.7 Å². The summed E-state index contributed by atoms with van der Waals surface area (Å²) in [6, 6.07) is 9.64. The Bertz CT molecular complexity index is 650. The van der Waals surface area contributed by atoms with Gasteiger partial charge in [0.1, 0.15) is 5.58 Å². The summed E-state index contributed by atoms with van der Waals surface area (Å²) in [5, 5.41) is 0.983. The van der Waals surface area contributed by atoms with Gasteiger partial charge < -0.3 is 14.1 Å². The number of hydrogen-bond donors (Lipinski definition) is 0. The summed E-state index contributed by atoms with van der Waals surface area (Å²) in [6.45, 7) is 2.34. The van der Waals surface area contributed by atoms with Gasteiger partial charge in [-0.3, -0.25) is 4.79 Å². The molecule has 0 unspecified atom stereocenters. The van der Waals surface area contributed by atoms with E-state index < -0.39 is 0 Å². The predicted octanol–water partition coefficient (Wildman–Crippen LogP) is 3.85. The Morgan fingerprint density at radius 1 is 1.13 bits per heavy atom. The van der Waals surface area contributed by atoms with Crippen molar-refractivity contribution in [3.8, 4) is 0 Å². The molecule has 4 heteroatoms. The molecule has 0 spiro atoms. The number of hydrogen-bond acceptors (Lipinski definition) is 3. The molecule has 122 valence electrons. The first-order valence-corrected chi connectivity index (χ1v) is 8.69. The number of furan rings is 1. The van der Waals surface area contributed by atoms with Gasteiger partial charge in [0.25, 0.3) is 5.91 Å². The van der Waals surface area contributed by atoms with Crippen LogP contribution in [-0.4, -0.2) is 36.6 Å². The Balaban J connectivity index is 1.54. The molecule has 2 fully saturated rings. The van der Waals surface area contributed by atoms with Crippen molar-refractivity contribution in [3.05, 3.63) is 36.1 Å². The summed E-state index contributed by atoms with van der Waals surface area (Å²) in [5.41, 5.74) is 0.775. The summed E-state index contributed by atoms with van der Waals surface area (Å²) < 4.78 is 11.5. The number of amides is 1. The van der Waals surface area contributed by atoms with E-state index in [2.05, 4.69) is 0 Å². The van der Waals surface area contributed by atoms with Crippen LogP contribution in [-0.2, 0) is 4.74 Å². The summed E-state index contributed by atoms with van der Waals surface area (Å²) >= 11 is 0. The van der Waals surface area contributed by atoms with E-state index in [4.69, 9.17) is 9.15 Å². The van der Waals surface area contributed by atoms with Gasteiger partial charge in [0, 0.05) is 25.1 Å². The molecular weight excluding hydrogens is 290 g/mol. The molecule has 1 saturated carbocycles. The van der Waals surface area contributed by atoms with E-state index in [0.29, 0.717) is 18.2 Å². The number of carbonyl (C=O) groups is 1. The minimum Gasteiger partial charge on any atom is -0.451 e. The second kappa shape index (κ2) is 6.36. The highest BCUT2D eigenvalue weighted by Gasteiger charge is 2.29. The Labute approximate surface area is 136 Å². The SMILES string of the molecule is O=C(c1cc2ccccc2o1)N(CC1CCC1)C[C@@H]1CCCO1. The molecule has 4 nitrogen and oxygen atoms in total. The van der Waals surface area contributed by atoms with Crippen LogP contribution in [0, 0.1) is 5.92 Å². The van der Waals surface area contributed by atoms with E-state index in [9.17, 15) is 4.79 Å². The van der Waals surface area contributed by atoms with Crippen molar-refractivity contribution in [3.63, 3.8) is 0 Å². The van der Waals surface area contributed by atoms with E-state index in [1.54, 1.807) is 0 Å². The van der Waals surface area contributed by atoms with Crippen LogP contribution in [0.5, 0.6) is 0 Å². The van der Waals surface area contributed by atoms with Crippen LogP contribution in [0.25, 0.3) is 11.0 Å². The first-order chi connectivity index (χ1) is 11.3. The molecule has 0 bridgehead atoms. The van der Waals surface area contributed by atoms with Gasteiger partial charge in [-0.2, -0.15) is 0 Å².